The summed E-state index contributed by atoms with van der Waals surface area (Å²) >= 11 is 0. The molecule has 5 heteroatoms. The SMILES string of the molecule is COc1cccc2c1CN(CCC(=O)N1c3ccccc3Oc3ccccc31)CC2. The van der Waals surface area contributed by atoms with Gasteiger partial charge in [0.15, 0.2) is 11.5 Å². The van der Waals surface area contributed by atoms with Crippen molar-refractivity contribution in [3.63, 3.8) is 0 Å². The fourth-order valence-electron chi connectivity index (χ4n) is 4.33. The molecule has 2 heterocycles. The lowest BCUT2D eigenvalue weighted by Crippen LogP contribution is -2.36. The maximum Gasteiger partial charge on any atom is 0.233 e. The van der Waals surface area contributed by atoms with Crippen molar-refractivity contribution in [1.82, 2.24) is 4.90 Å². The topological polar surface area (TPSA) is 42.0 Å². The van der Waals surface area contributed by atoms with Gasteiger partial charge in [0.05, 0.1) is 18.5 Å². The number of anilines is 2. The number of hydrogen-bond donors (Lipinski definition) is 0. The molecule has 3 aromatic carbocycles. The lowest BCUT2D eigenvalue weighted by atomic mass is 9.98. The van der Waals surface area contributed by atoms with Crippen molar-refractivity contribution in [2.75, 3.05) is 25.1 Å². The van der Waals surface area contributed by atoms with E-state index >= 15 is 0 Å². The number of carbonyl (C=O) groups is 1. The zero-order chi connectivity index (χ0) is 20.5. The number of hydrogen-bond acceptors (Lipinski definition) is 4. The molecule has 0 aliphatic carbocycles. The van der Waals surface area contributed by atoms with E-state index < -0.39 is 0 Å². The van der Waals surface area contributed by atoms with E-state index in [9.17, 15) is 4.79 Å². The third-order valence-electron chi connectivity index (χ3n) is 5.85. The maximum atomic E-state index is 13.4. The second-order valence-corrected chi connectivity index (χ2v) is 7.64. The zero-order valence-electron chi connectivity index (χ0n) is 17.0. The van der Waals surface area contributed by atoms with Gasteiger partial charge in [0, 0.05) is 31.6 Å². The molecule has 0 fully saturated rings. The molecule has 2 aliphatic heterocycles. The number of methoxy groups -OCH3 is 1. The Bertz CT molecular complexity index is 1040. The van der Waals surface area contributed by atoms with E-state index in [4.69, 9.17) is 9.47 Å². The summed E-state index contributed by atoms with van der Waals surface area (Å²) in [7, 11) is 1.71. The molecule has 0 bridgehead atoms. The van der Waals surface area contributed by atoms with Crippen molar-refractivity contribution in [3.05, 3.63) is 77.9 Å². The summed E-state index contributed by atoms with van der Waals surface area (Å²) in [4.78, 5) is 17.5. The van der Waals surface area contributed by atoms with Gasteiger partial charge in [0.25, 0.3) is 0 Å². The molecule has 30 heavy (non-hydrogen) atoms. The number of para-hydroxylation sites is 4. The van der Waals surface area contributed by atoms with Crippen molar-refractivity contribution in [2.45, 2.75) is 19.4 Å². The van der Waals surface area contributed by atoms with Gasteiger partial charge in [-0.05, 0) is 42.3 Å². The predicted molar refractivity (Wildman–Crippen MR) is 117 cm³/mol. The van der Waals surface area contributed by atoms with Crippen LogP contribution in [0.4, 0.5) is 11.4 Å². The standard InChI is InChI=1S/C25H24N2O3/c1-29-22-12-6-7-18-13-15-26(17-19(18)22)16-14-25(28)27-20-8-2-4-10-23(20)30-24-11-5-3-9-21(24)27/h2-12H,13-17H2,1H3. The number of rotatable bonds is 4. The number of nitrogens with zero attached hydrogens (tertiary/aromatic N) is 2. The first-order valence-corrected chi connectivity index (χ1v) is 10.3. The summed E-state index contributed by atoms with van der Waals surface area (Å²) < 4.78 is 11.5. The smallest absolute Gasteiger partial charge is 0.233 e. The Labute approximate surface area is 176 Å². The second-order valence-electron chi connectivity index (χ2n) is 7.64. The number of fused-ring (bicyclic) bond motifs is 3. The fourth-order valence-corrected chi connectivity index (χ4v) is 4.33. The first-order chi connectivity index (χ1) is 14.7. The van der Waals surface area contributed by atoms with Crippen molar-refractivity contribution in [1.29, 1.82) is 0 Å². The van der Waals surface area contributed by atoms with Gasteiger partial charge >= 0.3 is 0 Å². The predicted octanol–water partition coefficient (Wildman–Crippen LogP) is 4.91. The molecule has 0 spiro atoms. The number of benzene rings is 3. The third kappa shape index (κ3) is 3.31. The van der Waals surface area contributed by atoms with Gasteiger partial charge < -0.3 is 9.47 Å². The summed E-state index contributed by atoms with van der Waals surface area (Å²) in [5, 5.41) is 0. The second kappa shape index (κ2) is 7.84. The monoisotopic (exact) mass is 400 g/mol. The van der Waals surface area contributed by atoms with Crippen LogP contribution in [0, 0.1) is 0 Å². The lowest BCUT2D eigenvalue weighted by molar-refractivity contribution is -0.118. The van der Waals surface area contributed by atoms with Crippen molar-refractivity contribution in [3.8, 4) is 17.2 Å². The highest BCUT2D eigenvalue weighted by Gasteiger charge is 2.29. The summed E-state index contributed by atoms with van der Waals surface area (Å²) in [5.74, 6) is 2.42. The van der Waals surface area contributed by atoms with Crippen LogP contribution in [0.2, 0.25) is 0 Å². The average molecular weight is 400 g/mol. The molecule has 2 aliphatic rings. The molecule has 0 aromatic heterocycles. The van der Waals surface area contributed by atoms with Crippen LogP contribution in [0.15, 0.2) is 66.7 Å². The molecular formula is C25H24N2O3. The van der Waals surface area contributed by atoms with Crippen LogP contribution in [-0.4, -0.2) is 31.0 Å². The number of ether oxygens (including phenoxy) is 2. The Morgan fingerprint density at radius 3 is 2.37 bits per heavy atom. The molecule has 0 saturated heterocycles. The Kier molecular flexibility index (Phi) is 4.89. The van der Waals surface area contributed by atoms with Crippen LogP contribution in [0.5, 0.6) is 17.2 Å². The number of amides is 1. The van der Waals surface area contributed by atoms with E-state index in [0.717, 1.165) is 36.6 Å². The fraction of sp³-hybridized carbons (Fsp3) is 0.240. The van der Waals surface area contributed by atoms with Gasteiger partial charge in [-0.25, -0.2) is 0 Å². The first kappa shape index (κ1) is 18.7. The minimum absolute atomic E-state index is 0.0732. The maximum absolute atomic E-state index is 13.4. The van der Waals surface area contributed by atoms with Crippen LogP contribution in [0.3, 0.4) is 0 Å². The average Bonchev–Trinajstić information content (AvgIpc) is 2.80. The molecule has 5 rings (SSSR count). The third-order valence-corrected chi connectivity index (χ3v) is 5.85. The van der Waals surface area contributed by atoms with Gasteiger partial charge in [-0.1, -0.05) is 36.4 Å². The normalized spacial score (nSPS) is 14.9. The van der Waals surface area contributed by atoms with Crippen LogP contribution >= 0.6 is 0 Å². The van der Waals surface area contributed by atoms with Gasteiger partial charge in [-0.15, -0.1) is 0 Å². The molecule has 0 atom stereocenters. The molecule has 0 N–H and O–H groups in total. The van der Waals surface area contributed by atoms with E-state index in [1.807, 2.05) is 60.7 Å². The largest absolute Gasteiger partial charge is 0.496 e. The minimum atomic E-state index is 0.0732. The molecule has 5 nitrogen and oxygen atoms in total. The zero-order valence-corrected chi connectivity index (χ0v) is 17.0. The molecule has 0 unspecified atom stereocenters. The van der Waals surface area contributed by atoms with Gasteiger partial charge in [-0.2, -0.15) is 0 Å². The van der Waals surface area contributed by atoms with Gasteiger partial charge in [-0.3, -0.25) is 14.6 Å². The summed E-state index contributed by atoms with van der Waals surface area (Å²) in [6.45, 7) is 2.46. The highest BCUT2D eigenvalue weighted by molar-refractivity contribution is 6.04. The van der Waals surface area contributed by atoms with Crippen LogP contribution in [-0.2, 0) is 17.8 Å². The molecule has 1 amide bonds. The van der Waals surface area contributed by atoms with Crippen molar-refractivity contribution >= 4 is 17.3 Å². The van der Waals surface area contributed by atoms with Crippen molar-refractivity contribution in [2.24, 2.45) is 0 Å². The van der Waals surface area contributed by atoms with E-state index in [2.05, 4.69) is 11.0 Å². The molecule has 0 saturated carbocycles. The molecular weight excluding hydrogens is 376 g/mol. The van der Waals surface area contributed by atoms with Crippen LogP contribution in [0.25, 0.3) is 0 Å². The van der Waals surface area contributed by atoms with E-state index in [0.29, 0.717) is 24.5 Å². The summed E-state index contributed by atoms with van der Waals surface area (Å²) in [6, 6.07) is 21.6. The highest BCUT2D eigenvalue weighted by Crippen LogP contribution is 2.46. The Balaban J connectivity index is 1.34. The summed E-state index contributed by atoms with van der Waals surface area (Å²) in [5.41, 5.74) is 4.17. The Hall–Kier alpha value is -3.31. The Morgan fingerprint density at radius 1 is 0.967 bits per heavy atom. The van der Waals surface area contributed by atoms with E-state index in [1.54, 1.807) is 12.0 Å². The molecule has 0 radical (unpaired) electrons. The van der Waals surface area contributed by atoms with Crippen LogP contribution < -0.4 is 14.4 Å². The highest BCUT2D eigenvalue weighted by atomic mass is 16.5. The van der Waals surface area contributed by atoms with Gasteiger partial charge in [0.1, 0.15) is 5.75 Å². The van der Waals surface area contributed by atoms with E-state index in [1.165, 1.54) is 11.1 Å². The van der Waals surface area contributed by atoms with E-state index in [-0.39, 0.29) is 5.91 Å². The Morgan fingerprint density at radius 2 is 1.67 bits per heavy atom. The number of carbonyl (C=O) groups excluding carboxylic acids is 1. The lowest BCUT2D eigenvalue weighted by Gasteiger charge is -2.33. The van der Waals surface area contributed by atoms with Crippen LogP contribution in [0.1, 0.15) is 17.5 Å². The van der Waals surface area contributed by atoms with Gasteiger partial charge in [0.2, 0.25) is 5.91 Å². The quantitative estimate of drug-likeness (QED) is 0.624. The summed E-state index contributed by atoms with van der Waals surface area (Å²) in [6.07, 6.45) is 1.41. The first-order valence-electron chi connectivity index (χ1n) is 10.3. The molecule has 152 valence electrons. The minimum Gasteiger partial charge on any atom is -0.496 e. The van der Waals surface area contributed by atoms with Crippen molar-refractivity contribution < 1.29 is 14.3 Å². The molecule has 3 aromatic rings.